The van der Waals surface area contributed by atoms with Crippen molar-refractivity contribution in [2.24, 2.45) is 5.92 Å². The number of aromatic nitrogens is 2. The maximum absolute atomic E-state index is 13.1. The predicted octanol–water partition coefficient (Wildman–Crippen LogP) is 4.16. The van der Waals surface area contributed by atoms with Crippen LogP contribution in [-0.4, -0.2) is 43.2 Å². The molecule has 1 amide bonds. The van der Waals surface area contributed by atoms with Crippen LogP contribution in [0.4, 0.5) is 16.0 Å². The molecule has 7 nitrogen and oxygen atoms in total. The molecule has 0 spiro atoms. The van der Waals surface area contributed by atoms with Gasteiger partial charge in [0, 0.05) is 42.8 Å². The Balaban J connectivity index is 1.41. The van der Waals surface area contributed by atoms with Gasteiger partial charge in [0.1, 0.15) is 5.82 Å². The van der Waals surface area contributed by atoms with E-state index in [-0.39, 0.29) is 17.6 Å². The van der Waals surface area contributed by atoms with E-state index in [4.69, 9.17) is 9.47 Å². The molecule has 4 rings (SSSR count). The second kappa shape index (κ2) is 9.64. The monoisotopic (exact) mass is 436 g/mol. The number of ether oxygens (including phenoxy) is 2. The van der Waals surface area contributed by atoms with Crippen molar-refractivity contribution in [2.45, 2.75) is 12.8 Å². The molecule has 0 unspecified atom stereocenters. The molecule has 1 aliphatic rings. The standard InChI is InChI=1S/C24H25FN4O3/c1-31-21-10-9-20(12-22(21)32-2)28-23(30)17-4-3-11-29(15-17)24-26-13-18(14-27-24)16-5-7-19(25)8-6-16/h5-10,12-14,17H,3-4,11,15H2,1-2H3,(H,28,30)/t17-/m0/s1. The van der Waals surface area contributed by atoms with Crippen LogP contribution < -0.4 is 19.7 Å². The zero-order valence-electron chi connectivity index (χ0n) is 18.0. The third-order valence-corrected chi connectivity index (χ3v) is 5.54. The number of rotatable bonds is 6. The summed E-state index contributed by atoms with van der Waals surface area (Å²) in [6.45, 7) is 1.32. The number of hydrogen-bond donors (Lipinski definition) is 1. The van der Waals surface area contributed by atoms with E-state index >= 15 is 0 Å². The maximum atomic E-state index is 13.1. The highest BCUT2D eigenvalue weighted by Gasteiger charge is 2.27. The maximum Gasteiger partial charge on any atom is 0.229 e. The topological polar surface area (TPSA) is 76.6 Å². The highest BCUT2D eigenvalue weighted by atomic mass is 19.1. The average molecular weight is 436 g/mol. The van der Waals surface area contributed by atoms with Crippen LogP contribution in [0.25, 0.3) is 11.1 Å². The molecule has 0 bridgehead atoms. The zero-order chi connectivity index (χ0) is 22.5. The molecule has 0 aliphatic carbocycles. The lowest BCUT2D eigenvalue weighted by Gasteiger charge is -2.32. The van der Waals surface area contributed by atoms with E-state index < -0.39 is 0 Å². The molecule has 1 atom stereocenters. The first-order valence-electron chi connectivity index (χ1n) is 10.4. The normalized spacial score (nSPS) is 15.8. The van der Waals surface area contributed by atoms with Crippen LogP contribution >= 0.6 is 0 Å². The summed E-state index contributed by atoms with van der Waals surface area (Å²) < 4.78 is 23.7. The fraction of sp³-hybridized carbons (Fsp3) is 0.292. The number of nitrogens with zero attached hydrogens (tertiary/aromatic N) is 3. The third-order valence-electron chi connectivity index (χ3n) is 5.54. The van der Waals surface area contributed by atoms with Gasteiger partial charge in [-0.25, -0.2) is 14.4 Å². The molecule has 1 N–H and O–H groups in total. The van der Waals surface area contributed by atoms with E-state index in [2.05, 4.69) is 15.3 Å². The van der Waals surface area contributed by atoms with Crippen molar-refractivity contribution in [1.82, 2.24) is 9.97 Å². The Bertz CT molecular complexity index is 1070. The van der Waals surface area contributed by atoms with Crippen molar-refractivity contribution < 1.29 is 18.7 Å². The van der Waals surface area contributed by atoms with Crippen molar-refractivity contribution in [3.05, 3.63) is 60.7 Å². The molecular formula is C24H25FN4O3. The number of hydrogen-bond acceptors (Lipinski definition) is 6. The molecule has 0 radical (unpaired) electrons. The van der Waals surface area contributed by atoms with Crippen LogP contribution in [-0.2, 0) is 4.79 Å². The Hall–Kier alpha value is -3.68. The summed E-state index contributed by atoms with van der Waals surface area (Å²) in [6.07, 6.45) is 5.11. The largest absolute Gasteiger partial charge is 0.493 e. The first kappa shape index (κ1) is 21.5. The van der Waals surface area contributed by atoms with Gasteiger partial charge < -0.3 is 19.7 Å². The number of anilines is 2. The van der Waals surface area contributed by atoms with Gasteiger partial charge in [-0.1, -0.05) is 12.1 Å². The van der Waals surface area contributed by atoms with Crippen molar-refractivity contribution >= 4 is 17.5 Å². The number of halogens is 1. The molecule has 166 valence electrons. The quantitative estimate of drug-likeness (QED) is 0.626. The molecule has 8 heteroatoms. The number of carbonyl (C=O) groups is 1. The van der Waals surface area contributed by atoms with Crippen LogP contribution in [0.1, 0.15) is 12.8 Å². The molecular weight excluding hydrogens is 411 g/mol. The fourth-order valence-electron chi connectivity index (χ4n) is 3.81. The third kappa shape index (κ3) is 4.80. The Morgan fingerprint density at radius 3 is 2.44 bits per heavy atom. The first-order chi connectivity index (χ1) is 15.6. The van der Waals surface area contributed by atoms with Crippen molar-refractivity contribution in [3.63, 3.8) is 0 Å². The predicted molar refractivity (Wildman–Crippen MR) is 121 cm³/mol. The minimum atomic E-state index is -0.281. The highest BCUT2D eigenvalue weighted by molar-refractivity contribution is 5.93. The van der Waals surface area contributed by atoms with Gasteiger partial charge >= 0.3 is 0 Å². The number of carbonyl (C=O) groups excluding carboxylic acids is 1. The smallest absolute Gasteiger partial charge is 0.229 e. The van der Waals surface area contributed by atoms with E-state index in [0.29, 0.717) is 29.7 Å². The Kier molecular flexibility index (Phi) is 6.49. The Morgan fingerprint density at radius 1 is 1.03 bits per heavy atom. The summed E-state index contributed by atoms with van der Waals surface area (Å²) in [7, 11) is 3.13. The van der Waals surface area contributed by atoms with Gasteiger partial charge in [-0.15, -0.1) is 0 Å². The summed E-state index contributed by atoms with van der Waals surface area (Å²) >= 11 is 0. The molecule has 3 aromatic rings. The summed E-state index contributed by atoms with van der Waals surface area (Å²) in [4.78, 5) is 23.9. The number of piperidine rings is 1. The van der Waals surface area contributed by atoms with Crippen LogP contribution in [0.5, 0.6) is 11.5 Å². The van der Waals surface area contributed by atoms with Crippen molar-refractivity contribution in [2.75, 3.05) is 37.5 Å². The summed E-state index contributed by atoms with van der Waals surface area (Å²) in [6, 6.07) is 11.5. The number of methoxy groups -OCH3 is 2. The number of nitrogens with one attached hydrogen (secondary N) is 1. The second-order valence-electron chi connectivity index (χ2n) is 7.62. The highest BCUT2D eigenvalue weighted by Crippen LogP contribution is 2.30. The Morgan fingerprint density at radius 2 is 1.75 bits per heavy atom. The van der Waals surface area contributed by atoms with E-state index in [9.17, 15) is 9.18 Å². The second-order valence-corrected chi connectivity index (χ2v) is 7.62. The van der Waals surface area contributed by atoms with Crippen LogP contribution in [0.3, 0.4) is 0 Å². The van der Waals surface area contributed by atoms with E-state index in [1.807, 2.05) is 4.90 Å². The molecule has 2 heterocycles. The van der Waals surface area contributed by atoms with E-state index in [1.165, 1.54) is 12.1 Å². The van der Waals surface area contributed by atoms with Gasteiger partial charge in [0.25, 0.3) is 0 Å². The van der Waals surface area contributed by atoms with E-state index in [1.54, 1.807) is 56.9 Å². The fourth-order valence-corrected chi connectivity index (χ4v) is 3.81. The zero-order valence-corrected chi connectivity index (χ0v) is 18.0. The lowest BCUT2D eigenvalue weighted by Crippen LogP contribution is -2.41. The van der Waals surface area contributed by atoms with Crippen LogP contribution in [0.15, 0.2) is 54.9 Å². The average Bonchev–Trinajstić information content (AvgIpc) is 2.84. The molecule has 1 aliphatic heterocycles. The number of amides is 1. The van der Waals surface area contributed by atoms with Gasteiger partial charge in [-0.05, 0) is 42.7 Å². The molecule has 2 aromatic carbocycles. The summed E-state index contributed by atoms with van der Waals surface area (Å²) in [5, 5.41) is 2.97. The first-order valence-corrected chi connectivity index (χ1v) is 10.4. The molecule has 32 heavy (non-hydrogen) atoms. The van der Waals surface area contributed by atoms with Crippen LogP contribution in [0, 0.1) is 11.7 Å². The van der Waals surface area contributed by atoms with Gasteiger partial charge in [0.05, 0.1) is 20.1 Å². The molecule has 1 fully saturated rings. The number of benzene rings is 2. The van der Waals surface area contributed by atoms with Gasteiger partial charge in [0.15, 0.2) is 11.5 Å². The van der Waals surface area contributed by atoms with Gasteiger partial charge in [0.2, 0.25) is 11.9 Å². The molecule has 1 saturated heterocycles. The SMILES string of the molecule is COc1ccc(NC(=O)[C@H]2CCCN(c3ncc(-c4ccc(F)cc4)cn3)C2)cc1OC. The lowest BCUT2D eigenvalue weighted by molar-refractivity contribution is -0.120. The molecule has 0 saturated carbocycles. The Labute approximate surface area is 186 Å². The van der Waals surface area contributed by atoms with Gasteiger partial charge in [-0.3, -0.25) is 4.79 Å². The van der Waals surface area contributed by atoms with Crippen molar-refractivity contribution in [3.8, 4) is 22.6 Å². The van der Waals surface area contributed by atoms with Gasteiger partial charge in [-0.2, -0.15) is 0 Å². The minimum absolute atomic E-state index is 0.0511. The summed E-state index contributed by atoms with van der Waals surface area (Å²) in [5.74, 6) is 1.24. The lowest BCUT2D eigenvalue weighted by atomic mass is 9.97. The van der Waals surface area contributed by atoms with E-state index in [0.717, 1.165) is 30.5 Å². The summed E-state index contributed by atoms with van der Waals surface area (Å²) in [5.41, 5.74) is 2.32. The minimum Gasteiger partial charge on any atom is -0.493 e. The van der Waals surface area contributed by atoms with Crippen molar-refractivity contribution in [1.29, 1.82) is 0 Å². The molecule has 1 aromatic heterocycles. The van der Waals surface area contributed by atoms with Crippen LogP contribution in [0.2, 0.25) is 0 Å².